The zero-order valence-electron chi connectivity index (χ0n) is 12.7. The molecule has 106 valence electrons. The topological polar surface area (TPSA) is 15.3 Å². The number of piperidine rings is 1. The Morgan fingerprint density at radius 1 is 1.17 bits per heavy atom. The van der Waals surface area contributed by atoms with Crippen molar-refractivity contribution in [3.63, 3.8) is 0 Å². The van der Waals surface area contributed by atoms with Crippen LogP contribution in [0.1, 0.15) is 59.3 Å². The molecule has 1 saturated heterocycles. The third-order valence-corrected chi connectivity index (χ3v) is 4.86. The van der Waals surface area contributed by atoms with Gasteiger partial charge in [-0.15, -0.1) is 0 Å². The van der Waals surface area contributed by atoms with E-state index in [2.05, 4.69) is 31.0 Å². The van der Waals surface area contributed by atoms with Crippen molar-refractivity contribution in [2.75, 3.05) is 26.2 Å². The molecule has 0 bridgehead atoms. The summed E-state index contributed by atoms with van der Waals surface area (Å²) in [7, 11) is 0. The SMILES string of the molecule is CC1CCC(NCCN2CCCC(C)(C)C2)CC1. The van der Waals surface area contributed by atoms with Gasteiger partial charge in [-0.2, -0.15) is 0 Å². The Labute approximate surface area is 114 Å². The second-order valence-electron chi connectivity index (χ2n) is 7.45. The number of nitrogens with zero attached hydrogens (tertiary/aromatic N) is 1. The molecule has 18 heavy (non-hydrogen) atoms. The summed E-state index contributed by atoms with van der Waals surface area (Å²) in [5.74, 6) is 0.964. The summed E-state index contributed by atoms with van der Waals surface area (Å²) in [4.78, 5) is 2.65. The van der Waals surface area contributed by atoms with Crippen LogP contribution in [0.4, 0.5) is 0 Å². The number of nitrogens with one attached hydrogen (secondary N) is 1. The third-order valence-electron chi connectivity index (χ3n) is 4.86. The van der Waals surface area contributed by atoms with Gasteiger partial charge in [0.1, 0.15) is 0 Å². The molecule has 0 amide bonds. The van der Waals surface area contributed by atoms with E-state index in [0.717, 1.165) is 12.0 Å². The minimum Gasteiger partial charge on any atom is -0.313 e. The molecule has 0 aromatic carbocycles. The Morgan fingerprint density at radius 3 is 2.56 bits per heavy atom. The summed E-state index contributed by atoms with van der Waals surface area (Å²) < 4.78 is 0. The van der Waals surface area contributed by atoms with Gasteiger partial charge in [0, 0.05) is 25.7 Å². The molecule has 0 unspecified atom stereocenters. The van der Waals surface area contributed by atoms with Crippen molar-refractivity contribution in [3.05, 3.63) is 0 Å². The Morgan fingerprint density at radius 2 is 1.89 bits per heavy atom. The van der Waals surface area contributed by atoms with Crippen molar-refractivity contribution in [2.24, 2.45) is 11.3 Å². The molecule has 1 N–H and O–H groups in total. The summed E-state index contributed by atoms with van der Waals surface area (Å²) in [5.41, 5.74) is 0.540. The van der Waals surface area contributed by atoms with Crippen LogP contribution >= 0.6 is 0 Å². The molecule has 0 aromatic heterocycles. The minimum atomic E-state index is 0.540. The predicted octanol–water partition coefficient (Wildman–Crippen LogP) is 3.28. The highest BCUT2D eigenvalue weighted by atomic mass is 15.2. The van der Waals surface area contributed by atoms with Gasteiger partial charge in [0.15, 0.2) is 0 Å². The van der Waals surface area contributed by atoms with Crippen molar-refractivity contribution >= 4 is 0 Å². The average Bonchev–Trinajstić information content (AvgIpc) is 2.30. The van der Waals surface area contributed by atoms with E-state index in [1.54, 1.807) is 0 Å². The quantitative estimate of drug-likeness (QED) is 0.826. The lowest BCUT2D eigenvalue weighted by Gasteiger charge is -2.38. The van der Waals surface area contributed by atoms with Crippen LogP contribution in [0.15, 0.2) is 0 Å². The first kappa shape index (κ1) is 14.3. The van der Waals surface area contributed by atoms with Gasteiger partial charge < -0.3 is 10.2 Å². The minimum absolute atomic E-state index is 0.540. The van der Waals surface area contributed by atoms with Crippen LogP contribution in [0.3, 0.4) is 0 Å². The predicted molar refractivity (Wildman–Crippen MR) is 78.9 cm³/mol. The molecule has 2 fully saturated rings. The molecule has 0 aromatic rings. The Hall–Kier alpha value is -0.0800. The largest absolute Gasteiger partial charge is 0.313 e. The number of hydrogen-bond acceptors (Lipinski definition) is 2. The summed E-state index contributed by atoms with van der Waals surface area (Å²) in [5, 5.41) is 3.78. The van der Waals surface area contributed by atoms with E-state index >= 15 is 0 Å². The Kier molecular flexibility index (Phi) is 5.08. The van der Waals surface area contributed by atoms with Crippen molar-refractivity contribution in [2.45, 2.75) is 65.3 Å². The van der Waals surface area contributed by atoms with E-state index < -0.39 is 0 Å². The highest BCUT2D eigenvalue weighted by Gasteiger charge is 2.26. The molecule has 2 aliphatic rings. The van der Waals surface area contributed by atoms with E-state index in [4.69, 9.17) is 0 Å². The van der Waals surface area contributed by atoms with Crippen LogP contribution < -0.4 is 5.32 Å². The van der Waals surface area contributed by atoms with Gasteiger partial charge in [-0.25, -0.2) is 0 Å². The Balaban J connectivity index is 1.60. The van der Waals surface area contributed by atoms with Crippen LogP contribution in [0.2, 0.25) is 0 Å². The summed E-state index contributed by atoms with van der Waals surface area (Å²) in [6.45, 7) is 12.3. The maximum Gasteiger partial charge on any atom is 0.0107 e. The highest BCUT2D eigenvalue weighted by molar-refractivity contribution is 4.81. The first-order valence-electron chi connectivity index (χ1n) is 8.01. The smallest absolute Gasteiger partial charge is 0.0107 e. The average molecular weight is 252 g/mol. The van der Waals surface area contributed by atoms with Gasteiger partial charge in [0.2, 0.25) is 0 Å². The molecule has 1 aliphatic carbocycles. The fourth-order valence-corrected chi connectivity index (χ4v) is 3.63. The van der Waals surface area contributed by atoms with Crippen molar-refractivity contribution in [1.82, 2.24) is 10.2 Å². The van der Waals surface area contributed by atoms with Gasteiger partial charge in [-0.05, 0) is 56.4 Å². The Bertz CT molecular complexity index is 241. The first-order valence-corrected chi connectivity index (χ1v) is 8.01. The lowest BCUT2D eigenvalue weighted by Crippen LogP contribution is -2.44. The molecular weight excluding hydrogens is 220 g/mol. The number of rotatable bonds is 4. The summed E-state index contributed by atoms with van der Waals surface area (Å²) in [6.07, 6.45) is 8.42. The monoisotopic (exact) mass is 252 g/mol. The highest BCUT2D eigenvalue weighted by Crippen LogP contribution is 2.28. The molecule has 1 aliphatic heterocycles. The van der Waals surface area contributed by atoms with Crippen molar-refractivity contribution < 1.29 is 0 Å². The third kappa shape index (κ3) is 4.55. The van der Waals surface area contributed by atoms with Crippen LogP contribution in [-0.2, 0) is 0 Å². The normalized spacial score (nSPS) is 33.5. The zero-order valence-corrected chi connectivity index (χ0v) is 12.7. The molecule has 1 heterocycles. The van der Waals surface area contributed by atoms with Gasteiger partial charge >= 0.3 is 0 Å². The van der Waals surface area contributed by atoms with Crippen LogP contribution in [0.25, 0.3) is 0 Å². The maximum absolute atomic E-state index is 3.78. The summed E-state index contributed by atoms with van der Waals surface area (Å²) >= 11 is 0. The number of hydrogen-bond donors (Lipinski definition) is 1. The van der Waals surface area contributed by atoms with Crippen LogP contribution in [-0.4, -0.2) is 37.1 Å². The van der Waals surface area contributed by atoms with Crippen LogP contribution in [0, 0.1) is 11.3 Å². The van der Waals surface area contributed by atoms with Gasteiger partial charge in [0.25, 0.3) is 0 Å². The van der Waals surface area contributed by atoms with E-state index in [1.807, 2.05) is 0 Å². The van der Waals surface area contributed by atoms with Gasteiger partial charge in [-0.1, -0.05) is 20.8 Å². The lowest BCUT2D eigenvalue weighted by atomic mass is 9.84. The van der Waals surface area contributed by atoms with E-state index in [9.17, 15) is 0 Å². The first-order chi connectivity index (χ1) is 8.55. The molecule has 2 heteroatoms. The van der Waals surface area contributed by atoms with Crippen molar-refractivity contribution in [3.8, 4) is 0 Å². The molecular formula is C16H32N2. The standard InChI is InChI=1S/C16H32N2/c1-14-5-7-15(8-6-14)17-10-12-18-11-4-9-16(2,3)13-18/h14-15,17H,4-13H2,1-3H3. The summed E-state index contributed by atoms with van der Waals surface area (Å²) in [6, 6.07) is 0.805. The number of likely N-dealkylation sites (tertiary alicyclic amines) is 1. The second kappa shape index (κ2) is 6.38. The molecule has 1 saturated carbocycles. The van der Waals surface area contributed by atoms with Gasteiger partial charge in [0.05, 0.1) is 0 Å². The maximum atomic E-state index is 3.78. The molecule has 0 spiro atoms. The molecule has 0 radical (unpaired) electrons. The van der Waals surface area contributed by atoms with E-state index in [0.29, 0.717) is 5.41 Å². The fourth-order valence-electron chi connectivity index (χ4n) is 3.63. The van der Waals surface area contributed by atoms with Crippen molar-refractivity contribution in [1.29, 1.82) is 0 Å². The molecule has 2 nitrogen and oxygen atoms in total. The van der Waals surface area contributed by atoms with Crippen LogP contribution in [0.5, 0.6) is 0 Å². The zero-order chi connectivity index (χ0) is 13.0. The molecule has 2 rings (SSSR count). The lowest BCUT2D eigenvalue weighted by molar-refractivity contribution is 0.117. The molecule has 0 atom stereocenters. The van der Waals surface area contributed by atoms with E-state index in [-0.39, 0.29) is 0 Å². The fraction of sp³-hybridized carbons (Fsp3) is 1.00. The second-order valence-corrected chi connectivity index (χ2v) is 7.45. The van der Waals surface area contributed by atoms with Gasteiger partial charge in [-0.3, -0.25) is 0 Å². The van der Waals surface area contributed by atoms with E-state index in [1.165, 1.54) is 64.7 Å².